The second-order valence-electron chi connectivity index (χ2n) is 4.09. The standard InChI is InChI=1S/C11H16BrN3OS/c1-3-15-10(8(12)6-13-15)11(16)9-7-17-5-4-14(9)2/h6,9H,3-5,7H2,1-2H3. The van der Waals surface area contributed by atoms with E-state index >= 15 is 0 Å². The normalized spacial score (nSPS) is 21.7. The summed E-state index contributed by atoms with van der Waals surface area (Å²) in [7, 11) is 2.02. The van der Waals surface area contributed by atoms with Crippen LogP contribution in [0.25, 0.3) is 0 Å². The molecule has 1 aliphatic rings. The van der Waals surface area contributed by atoms with Gasteiger partial charge in [0.1, 0.15) is 5.69 Å². The van der Waals surface area contributed by atoms with Crippen molar-refractivity contribution in [3.05, 3.63) is 16.4 Å². The lowest BCUT2D eigenvalue weighted by Gasteiger charge is -2.30. The quantitative estimate of drug-likeness (QED) is 0.798. The van der Waals surface area contributed by atoms with Crippen LogP contribution in [0.4, 0.5) is 0 Å². The molecular formula is C11H16BrN3OS. The minimum absolute atomic E-state index is 0.0213. The zero-order chi connectivity index (χ0) is 12.4. The largest absolute Gasteiger partial charge is 0.295 e. The van der Waals surface area contributed by atoms with Crippen molar-refractivity contribution in [1.29, 1.82) is 0 Å². The second-order valence-corrected chi connectivity index (χ2v) is 6.10. The van der Waals surface area contributed by atoms with E-state index < -0.39 is 0 Å². The molecule has 4 nitrogen and oxygen atoms in total. The molecular weight excluding hydrogens is 302 g/mol. The van der Waals surface area contributed by atoms with E-state index in [-0.39, 0.29) is 11.8 Å². The highest BCUT2D eigenvalue weighted by molar-refractivity contribution is 9.10. The number of Topliss-reactive ketones (excluding diaryl/α,β-unsaturated/α-hetero) is 1. The molecule has 1 aromatic heterocycles. The van der Waals surface area contributed by atoms with Gasteiger partial charge in [0, 0.05) is 24.6 Å². The van der Waals surface area contributed by atoms with Crippen LogP contribution in [0.2, 0.25) is 0 Å². The number of ketones is 1. The first-order chi connectivity index (χ1) is 8.15. The van der Waals surface area contributed by atoms with Gasteiger partial charge < -0.3 is 0 Å². The predicted molar refractivity (Wildman–Crippen MR) is 73.7 cm³/mol. The van der Waals surface area contributed by atoms with Crippen LogP contribution in [0.15, 0.2) is 10.7 Å². The number of hydrogen-bond donors (Lipinski definition) is 0. The summed E-state index contributed by atoms with van der Waals surface area (Å²) >= 11 is 5.26. The molecule has 0 aromatic carbocycles. The Morgan fingerprint density at radius 1 is 1.71 bits per heavy atom. The molecule has 1 fully saturated rings. The van der Waals surface area contributed by atoms with Crippen molar-refractivity contribution in [3.8, 4) is 0 Å². The average molecular weight is 318 g/mol. The first-order valence-electron chi connectivity index (χ1n) is 5.68. The number of carbonyl (C=O) groups is 1. The van der Waals surface area contributed by atoms with Crippen LogP contribution < -0.4 is 0 Å². The molecule has 0 bridgehead atoms. The van der Waals surface area contributed by atoms with Gasteiger partial charge in [-0.25, -0.2) is 0 Å². The highest BCUT2D eigenvalue weighted by Crippen LogP contribution is 2.23. The molecule has 94 valence electrons. The number of thioether (sulfide) groups is 1. The maximum Gasteiger partial charge on any atom is 0.199 e. The van der Waals surface area contributed by atoms with Crippen molar-refractivity contribution < 1.29 is 4.79 Å². The van der Waals surface area contributed by atoms with Crippen LogP contribution in [0.3, 0.4) is 0 Å². The van der Waals surface area contributed by atoms with E-state index in [0.717, 1.165) is 29.1 Å². The zero-order valence-electron chi connectivity index (χ0n) is 10.0. The van der Waals surface area contributed by atoms with Crippen LogP contribution in [0, 0.1) is 0 Å². The molecule has 1 aromatic rings. The van der Waals surface area contributed by atoms with Gasteiger partial charge >= 0.3 is 0 Å². The van der Waals surface area contributed by atoms with E-state index in [0.29, 0.717) is 5.69 Å². The molecule has 6 heteroatoms. The van der Waals surface area contributed by atoms with Crippen molar-refractivity contribution in [3.63, 3.8) is 0 Å². The Bertz CT molecular complexity index is 421. The van der Waals surface area contributed by atoms with Crippen LogP contribution in [-0.4, -0.2) is 51.6 Å². The summed E-state index contributed by atoms with van der Waals surface area (Å²) in [5.41, 5.74) is 0.701. The molecule has 1 unspecified atom stereocenters. The third kappa shape index (κ3) is 2.58. The van der Waals surface area contributed by atoms with Crippen LogP contribution in [0.1, 0.15) is 17.4 Å². The van der Waals surface area contributed by atoms with E-state index in [9.17, 15) is 4.79 Å². The van der Waals surface area contributed by atoms with Gasteiger partial charge in [-0.2, -0.15) is 16.9 Å². The molecule has 0 N–H and O–H groups in total. The van der Waals surface area contributed by atoms with Gasteiger partial charge in [-0.3, -0.25) is 14.4 Å². The van der Waals surface area contributed by atoms with E-state index in [1.807, 2.05) is 25.7 Å². The Labute approximate surface area is 114 Å². The van der Waals surface area contributed by atoms with Crippen molar-refractivity contribution in [2.45, 2.75) is 19.5 Å². The van der Waals surface area contributed by atoms with Gasteiger partial charge in [-0.1, -0.05) is 0 Å². The molecule has 1 aliphatic heterocycles. The molecule has 0 radical (unpaired) electrons. The Morgan fingerprint density at radius 2 is 2.47 bits per heavy atom. The lowest BCUT2D eigenvalue weighted by molar-refractivity contribution is 0.0862. The summed E-state index contributed by atoms with van der Waals surface area (Å²) in [5.74, 6) is 2.15. The van der Waals surface area contributed by atoms with Gasteiger partial charge in [0.05, 0.1) is 16.7 Å². The number of aryl methyl sites for hydroxylation is 1. The van der Waals surface area contributed by atoms with Gasteiger partial charge in [-0.15, -0.1) is 0 Å². The van der Waals surface area contributed by atoms with E-state index in [1.165, 1.54) is 0 Å². The Balaban J connectivity index is 2.26. The molecule has 0 amide bonds. The van der Waals surface area contributed by atoms with Gasteiger partial charge in [0.2, 0.25) is 0 Å². The third-order valence-electron chi connectivity index (χ3n) is 3.03. The topological polar surface area (TPSA) is 38.1 Å². The molecule has 0 spiro atoms. The molecule has 0 saturated carbocycles. The molecule has 2 rings (SSSR count). The van der Waals surface area contributed by atoms with Crippen LogP contribution in [0.5, 0.6) is 0 Å². The highest BCUT2D eigenvalue weighted by atomic mass is 79.9. The number of nitrogens with zero attached hydrogens (tertiary/aromatic N) is 3. The summed E-state index contributed by atoms with van der Waals surface area (Å²) in [6.45, 7) is 3.69. The van der Waals surface area contributed by atoms with Crippen molar-refractivity contribution in [2.24, 2.45) is 0 Å². The summed E-state index contributed by atoms with van der Waals surface area (Å²) < 4.78 is 2.56. The fraction of sp³-hybridized carbons (Fsp3) is 0.636. The SMILES string of the molecule is CCn1ncc(Br)c1C(=O)C1CSCCN1C. The first-order valence-corrected chi connectivity index (χ1v) is 7.63. The van der Waals surface area contributed by atoms with E-state index in [2.05, 4.69) is 25.9 Å². The Hall–Kier alpha value is -0.330. The van der Waals surface area contributed by atoms with Crippen LogP contribution in [-0.2, 0) is 6.54 Å². The number of aromatic nitrogens is 2. The maximum atomic E-state index is 12.5. The highest BCUT2D eigenvalue weighted by Gasteiger charge is 2.30. The molecule has 2 heterocycles. The number of carbonyl (C=O) groups excluding carboxylic acids is 1. The van der Waals surface area contributed by atoms with E-state index in [1.54, 1.807) is 10.9 Å². The number of rotatable bonds is 3. The fourth-order valence-electron chi connectivity index (χ4n) is 1.97. The van der Waals surface area contributed by atoms with Crippen LogP contribution >= 0.6 is 27.7 Å². The summed E-state index contributed by atoms with van der Waals surface area (Å²) in [5, 5.41) is 4.20. The van der Waals surface area contributed by atoms with E-state index in [4.69, 9.17) is 0 Å². The Morgan fingerprint density at radius 3 is 3.12 bits per heavy atom. The smallest absolute Gasteiger partial charge is 0.199 e. The molecule has 1 saturated heterocycles. The summed E-state index contributed by atoms with van der Waals surface area (Å²) in [6, 6.07) is -0.0213. The second kappa shape index (κ2) is 5.54. The average Bonchev–Trinajstić information content (AvgIpc) is 2.70. The lowest BCUT2D eigenvalue weighted by atomic mass is 10.1. The minimum Gasteiger partial charge on any atom is -0.295 e. The third-order valence-corrected chi connectivity index (χ3v) is 4.63. The van der Waals surface area contributed by atoms with Gasteiger partial charge in [-0.05, 0) is 29.9 Å². The molecule has 0 aliphatic carbocycles. The first kappa shape index (κ1) is 13.1. The van der Waals surface area contributed by atoms with Crippen molar-refractivity contribution in [1.82, 2.24) is 14.7 Å². The van der Waals surface area contributed by atoms with Crippen molar-refractivity contribution >= 4 is 33.5 Å². The zero-order valence-corrected chi connectivity index (χ0v) is 12.4. The monoisotopic (exact) mass is 317 g/mol. The van der Waals surface area contributed by atoms with Gasteiger partial charge in [0.25, 0.3) is 0 Å². The Kier molecular flexibility index (Phi) is 4.27. The number of likely N-dealkylation sites (N-methyl/N-ethyl adjacent to an activating group) is 1. The predicted octanol–water partition coefficient (Wildman–Crippen LogP) is 1.90. The lowest BCUT2D eigenvalue weighted by Crippen LogP contribution is -2.45. The van der Waals surface area contributed by atoms with Crippen molar-refractivity contribution in [2.75, 3.05) is 25.1 Å². The summed E-state index contributed by atoms with van der Waals surface area (Å²) in [4.78, 5) is 14.7. The minimum atomic E-state index is -0.0213. The van der Waals surface area contributed by atoms with Gasteiger partial charge in [0.15, 0.2) is 5.78 Å². The number of halogens is 1. The summed E-state index contributed by atoms with van der Waals surface area (Å²) in [6.07, 6.45) is 1.70. The number of hydrogen-bond acceptors (Lipinski definition) is 4. The molecule has 17 heavy (non-hydrogen) atoms. The fourth-order valence-corrected chi connectivity index (χ4v) is 3.67. The maximum absolute atomic E-state index is 12.5. The molecule has 1 atom stereocenters.